The van der Waals surface area contributed by atoms with Crippen molar-refractivity contribution in [1.29, 1.82) is 0 Å². The Labute approximate surface area is 144 Å². The van der Waals surface area contributed by atoms with Gasteiger partial charge >= 0.3 is 12.0 Å². The number of benzene rings is 1. The Kier molecular flexibility index (Phi) is 4.43. The Balaban J connectivity index is 1.70. The Morgan fingerprint density at radius 1 is 1.32 bits per heavy atom. The van der Waals surface area contributed by atoms with Crippen LogP contribution in [0.5, 0.6) is 0 Å². The number of nitrogens with zero attached hydrogens (tertiary/aromatic N) is 2. The lowest BCUT2D eigenvalue weighted by molar-refractivity contribution is -0.131. The summed E-state index contributed by atoms with van der Waals surface area (Å²) in [7, 11) is 1.28. The van der Waals surface area contributed by atoms with Gasteiger partial charge in [0.25, 0.3) is 5.91 Å². The molecule has 1 aromatic rings. The second-order valence-corrected chi connectivity index (χ2v) is 6.13. The first-order valence-corrected chi connectivity index (χ1v) is 8.03. The number of methoxy groups -OCH3 is 1. The third-order valence-corrected chi connectivity index (χ3v) is 4.51. The van der Waals surface area contributed by atoms with Crippen molar-refractivity contribution >= 4 is 29.5 Å². The summed E-state index contributed by atoms with van der Waals surface area (Å²) in [6, 6.07) is 3.95. The van der Waals surface area contributed by atoms with Gasteiger partial charge in [-0.1, -0.05) is 6.07 Å². The number of rotatable bonds is 4. The first-order valence-electron chi connectivity index (χ1n) is 8.03. The minimum atomic E-state index is -0.513. The van der Waals surface area contributed by atoms with Gasteiger partial charge in [0.2, 0.25) is 5.91 Å². The van der Waals surface area contributed by atoms with Gasteiger partial charge in [-0.05, 0) is 37.5 Å². The van der Waals surface area contributed by atoms with Crippen molar-refractivity contribution in [3.8, 4) is 0 Å². The van der Waals surface area contributed by atoms with Gasteiger partial charge in [-0.25, -0.2) is 9.59 Å². The van der Waals surface area contributed by atoms with Crippen molar-refractivity contribution in [2.24, 2.45) is 0 Å². The predicted octanol–water partition coefficient (Wildman–Crippen LogP) is 1.15. The van der Waals surface area contributed by atoms with Crippen molar-refractivity contribution < 1.29 is 23.9 Å². The monoisotopic (exact) mass is 345 g/mol. The summed E-state index contributed by atoms with van der Waals surface area (Å²) in [6.45, 7) is 1.99. The van der Waals surface area contributed by atoms with E-state index in [0.717, 1.165) is 16.9 Å². The number of hydrogen-bond donors (Lipinski definition) is 1. The number of carbonyl (C=O) groups excluding carboxylic acids is 4. The molecule has 1 atom stereocenters. The third kappa shape index (κ3) is 3.07. The van der Waals surface area contributed by atoms with E-state index >= 15 is 0 Å². The van der Waals surface area contributed by atoms with E-state index in [1.165, 1.54) is 18.1 Å². The fourth-order valence-corrected chi connectivity index (χ4v) is 3.16. The summed E-state index contributed by atoms with van der Waals surface area (Å²) in [5, 5.41) is 2.65. The van der Waals surface area contributed by atoms with E-state index in [1.807, 2.05) is 0 Å². The lowest BCUT2D eigenvalue weighted by Gasteiger charge is -2.16. The molecule has 0 bridgehead atoms. The second kappa shape index (κ2) is 6.54. The van der Waals surface area contributed by atoms with E-state index in [1.54, 1.807) is 19.1 Å². The van der Waals surface area contributed by atoms with E-state index in [2.05, 4.69) is 10.1 Å². The predicted molar refractivity (Wildman–Crippen MR) is 88.0 cm³/mol. The van der Waals surface area contributed by atoms with Crippen LogP contribution in [0.4, 0.5) is 10.5 Å². The molecule has 0 aliphatic carbocycles. The molecule has 8 nitrogen and oxygen atoms in total. The largest absolute Gasteiger partial charge is 0.465 e. The molecule has 3 rings (SSSR count). The Bertz CT molecular complexity index is 739. The standard InChI is InChI=1S/C17H19N3O5/c1-10-5-6-11(16(23)25-2)8-12(10)18-14(21)9-20-15(22)13-4-3-7-19(13)17(20)24/h5-6,8,13H,3-4,7,9H2,1-2H3,(H,18,21)/t13-/m1/s1. The number of urea groups is 1. The first-order chi connectivity index (χ1) is 11.9. The molecule has 2 aliphatic heterocycles. The lowest BCUT2D eigenvalue weighted by atomic mass is 10.1. The lowest BCUT2D eigenvalue weighted by Crippen LogP contribution is -2.39. The molecular weight excluding hydrogens is 326 g/mol. The van der Waals surface area contributed by atoms with Gasteiger partial charge in [0.05, 0.1) is 12.7 Å². The molecule has 132 valence electrons. The summed E-state index contributed by atoms with van der Waals surface area (Å²) < 4.78 is 4.66. The van der Waals surface area contributed by atoms with Crippen LogP contribution < -0.4 is 5.32 Å². The average molecular weight is 345 g/mol. The molecule has 8 heteroatoms. The number of hydrogen-bond acceptors (Lipinski definition) is 5. The number of anilines is 1. The van der Waals surface area contributed by atoms with Crippen LogP contribution in [0, 0.1) is 6.92 Å². The molecule has 2 aliphatic rings. The van der Waals surface area contributed by atoms with Crippen LogP contribution in [0.1, 0.15) is 28.8 Å². The molecule has 2 heterocycles. The van der Waals surface area contributed by atoms with Crippen molar-refractivity contribution in [2.75, 3.05) is 25.5 Å². The van der Waals surface area contributed by atoms with Crippen molar-refractivity contribution in [2.45, 2.75) is 25.8 Å². The summed E-state index contributed by atoms with van der Waals surface area (Å²) in [4.78, 5) is 50.9. The minimum Gasteiger partial charge on any atom is -0.465 e. The minimum absolute atomic E-state index is 0.303. The molecule has 2 saturated heterocycles. The smallest absolute Gasteiger partial charge is 0.337 e. The van der Waals surface area contributed by atoms with Gasteiger partial charge in [0, 0.05) is 12.2 Å². The number of carbonyl (C=O) groups is 4. The zero-order valence-corrected chi connectivity index (χ0v) is 14.1. The molecular formula is C17H19N3O5. The molecule has 1 N–H and O–H groups in total. The first kappa shape index (κ1) is 16.9. The van der Waals surface area contributed by atoms with Gasteiger partial charge in [-0.15, -0.1) is 0 Å². The highest BCUT2D eigenvalue weighted by Gasteiger charge is 2.47. The van der Waals surface area contributed by atoms with Crippen molar-refractivity contribution in [3.63, 3.8) is 0 Å². The van der Waals surface area contributed by atoms with Gasteiger partial charge in [0.15, 0.2) is 0 Å². The van der Waals surface area contributed by atoms with Gasteiger partial charge < -0.3 is 15.0 Å². The number of amides is 4. The molecule has 2 fully saturated rings. The molecule has 0 spiro atoms. The number of fused-ring (bicyclic) bond motifs is 1. The highest BCUT2D eigenvalue weighted by atomic mass is 16.5. The molecule has 0 radical (unpaired) electrons. The normalized spacial score (nSPS) is 19.2. The summed E-state index contributed by atoms with van der Waals surface area (Å²) >= 11 is 0. The van der Waals surface area contributed by atoms with Crippen LogP contribution in [0.15, 0.2) is 18.2 Å². The topological polar surface area (TPSA) is 96.0 Å². The molecule has 1 aromatic carbocycles. The Hall–Kier alpha value is -2.90. The fraction of sp³-hybridized carbons (Fsp3) is 0.412. The van der Waals surface area contributed by atoms with Crippen LogP contribution in [0.25, 0.3) is 0 Å². The van der Waals surface area contributed by atoms with E-state index in [9.17, 15) is 19.2 Å². The molecule has 0 unspecified atom stereocenters. The zero-order valence-electron chi connectivity index (χ0n) is 14.1. The van der Waals surface area contributed by atoms with Gasteiger partial charge in [-0.3, -0.25) is 14.5 Å². The highest BCUT2D eigenvalue weighted by Crippen LogP contribution is 2.27. The SMILES string of the molecule is COC(=O)c1ccc(C)c(NC(=O)CN2C(=O)[C@H]3CCCN3C2=O)c1. The van der Waals surface area contributed by atoms with Gasteiger partial charge in [0.1, 0.15) is 12.6 Å². The van der Waals surface area contributed by atoms with E-state index in [0.29, 0.717) is 24.2 Å². The number of imide groups is 1. The maximum Gasteiger partial charge on any atom is 0.337 e. The summed E-state index contributed by atoms with van der Waals surface area (Å²) in [5.74, 6) is -1.33. The average Bonchev–Trinajstić information content (AvgIpc) is 3.16. The summed E-state index contributed by atoms with van der Waals surface area (Å²) in [6.07, 6.45) is 1.45. The summed E-state index contributed by atoms with van der Waals surface area (Å²) in [5.41, 5.74) is 1.49. The van der Waals surface area contributed by atoms with Crippen LogP contribution in [-0.2, 0) is 14.3 Å². The van der Waals surface area contributed by atoms with Crippen LogP contribution >= 0.6 is 0 Å². The van der Waals surface area contributed by atoms with Crippen LogP contribution in [-0.4, -0.2) is 59.9 Å². The quantitative estimate of drug-likeness (QED) is 0.652. The van der Waals surface area contributed by atoms with E-state index in [-0.39, 0.29) is 12.5 Å². The fourth-order valence-electron chi connectivity index (χ4n) is 3.16. The maximum absolute atomic E-state index is 12.3. The molecule has 4 amide bonds. The molecule has 0 aromatic heterocycles. The van der Waals surface area contributed by atoms with E-state index < -0.39 is 23.9 Å². The molecule has 25 heavy (non-hydrogen) atoms. The van der Waals surface area contributed by atoms with Crippen molar-refractivity contribution in [3.05, 3.63) is 29.3 Å². The highest BCUT2D eigenvalue weighted by molar-refractivity contribution is 6.08. The van der Waals surface area contributed by atoms with Crippen molar-refractivity contribution in [1.82, 2.24) is 9.80 Å². The Morgan fingerprint density at radius 2 is 2.08 bits per heavy atom. The third-order valence-electron chi connectivity index (χ3n) is 4.51. The number of ether oxygens (including phenoxy) is 1. The number of esters is 1. The maximum atomic E-state index is 12.3. The molecule has 0 saturated carbocycles. The number of nitrogens with one attached hydrogen (secondary N) is 1. The Morgan fingerprint density at radius 3 is 2.76 bits per heavy atom. The zero-order chi connectivity index (χ0) is 18.1. The number of aryl methyl sites for hydroxylation is 1. The van der Waals surface area contributed by atoms with Gasteiger partial charge in [-0.2, -0.15) is 0 Å². The second-order valence-electron chi connectivity index (χ2n) is 6.13. The van der Waals surface area contributed by atoms with Crippen LogP contribution in [0.2, 0.25) is 0 Å². The van der Waals surface area contributed by atoms with Crippen LogP contribution in [0.3, 0.4) is 0 Å². The van der Waals surface area contributed by atoms with E-state index in [4.69, 9.17) is 0 Å².